The van der Waals surface area contributed by atoms with Crippen LogP contribution in [-0.2, 0) is 14.9 Å². The maximum atomic E-state index is 12.9. The minimum absolute atomic E-state index is 0.248. The zero-order valence-electron chi connectivity index (χ0n) is 10.9. The van der Waals surface area contributed by atoms with Gasteiger partial charge in [-0.3, -0.25) is 4.79 Å². The lowest BCUT2D eigenvalue weighted by Gasteiger charge is -2.33. The van der Waals surface area contributed by atoms with E-state index in [-0.39, 0.29) is 3.58 Å². The van der Waals surface area contributed by atoms with E-state index in [4.69, 9.17) is 4.74 Å². The van der Waals surface area contributed by atoms with E-state index >= 15 is 0 Å². The molecular weight excluding hydrogens is 365 g/mol. The van der Waals surface area contributed by atoms with Crippen LogP contribution in [0, 0.1) is 0 Å². The van der Waals surface area contributed by atoms with E-state index in [9.17, 15) is 13.6 Å². The van der Waals surface area contributed by atoms with Crippen LogP contribution in [0.15, 0.2) is 40.0 Å². The molecule has 0 saturated heterocycles. The van der Waals surface area contributed by atoms with Gasteiger partial charge in [-0.1, -0.05) is 44.2 Å². The van der Waals surface area contributed by atoms with Crippen LogP contribution in [0.4, 0.5) is 8.78 Å². The molecule has 0 aliphatic rings. The zero-order valence-corrected chi connectivity index (χ0v) is 13.1. The highest BCUT2D eigenvalue weighted by atomic mass is 127. The molecule has 0 radical (unpaired) electrons. The molecule has 0 bridgehead atoms. The molecule has 1 aromatic carbocycles. The van der Waals surface area contributed by atoms with Crippen LogP contribution in [0.2, 0.25) is 0 Å². The van der Waals surface area contributed by atoms with Crippen LogP contribution in [-0.4, -0.2) is 12.1 Å². The number of halogens is 3. The van der Waals surface area contributed by atoms with Gasteiger partial charge in [0, 0.05) is 12.3 Å². The molecule has 0 spiro atoms. The smallest absolute Gasteiger partial charge is 0.303 e. The summed E-state index contributed by atoms with van der Waals surface area (Å²) in [5.41, 5.74) is 0.0871. The van der Waals surface area contributed by atoms with E-state index in [1.54, 1.807) is 13.8 Å². The third-order valence-electron chi connectivity index (χ3n) is 2.87. The molecule has 19 heavy (non-hydrogen) atoms. The molecule has 1 rings (SSSR count). The Kier molecular flexibility index (Phi) is 5.46. The van der Waals surface area contributed by atoms with Crippen molar-refractivity contribution in [3.8, 4) is 0 Å². The van der Waals surface area contributed by atoms with Crippen molar-refractivity contribution >= 4 is 28.6 Å². The van der Waals surface area contributed by atoms with Crippen molar-refractivity contribution in [1.29, 1.82) is 0 Å². The number of hydrogen-bond donors (Lipinski definition) is 0. The molecule has 0 aliphatic heterocycles. The van der Waals surface area contributed by atoms with Crippen molar-refractivity contribution in [2.24, 2.45) is 0 Å². The Morgan fingerprint density at radius 3 is 2.21 bits per heavy atom. The second kappa shape index (κ2) is 6.45. The molecule has 0 heterocycles. The third-order valence-corrected chi connectivity index (χ3v) is 3.84. The topological polar surface area (TPSA) is 26.3 Å². The molecule has 104 valence electrons. The van der Waals surface area contributed by atoms with Crippen LogP contribution in [0.3, 0.4) is 0 Å². The zero-order chi connectivity index (χ0) is 14.6. The number of esters is 1. The quantitative estimate of drug-likeness (QED) is 0.571. The Hall–Kier alpha value is -0.980. The van der Waals surface area contributed by atoms with Crippen LogP contribution < -0.4 is 0 Å². The van der Waals surface area contributed by atoms with Crippen molar-refractivity contribution in [2.45, 2.75) is 32.3 Å². The van der Waals surface area contributed by atoms with Gasteiger partial charge in [-0.25, -0.2) is 0 Å². The molecule has 5 heteroatoms. The number of rotatable bonds is 4. The summed E-state index contributed by atoms with van der Waals surface area (Å²) in [6, 6.07) is 9.15. The van der Waals surface area contributed by atoms with Crippen LogP contribution in [0.25, 0.3) is 0 Å². The first-order chi connectivity index (χ1) is 8.76. The Bertz CT molecular complexity index is 479. The predicted octanol–water partition coefficient (Wildman–Crippen LogP) is 4.44. The fourth-order valence-corrected chi connectivity index (χ4v) is 2.71. The Balaban J connectivity index is 3.24. The summed E-state index contributed by atoms with van der Waals surface area (Å²) in [4.78, 5) is 11.2. The summed E-state index contributed by atoms with van der Waals surface area (Å²) >= 11 is 1.53. The Morgan fingerprint density at radius 1 is 1.26 bits per heavy atom. The highest BCUT2D eigenvalue weighted by molar-refractivity contribution is 14.1. The highest BCUT2D eigenvalue weighted by Gasteiger charge is 2.37. The molecule has 1 unspecified atom stereocenters. The lowest BCUT2D eigenvalue weighted by Crippen LogP contribution is -2.37. The Labute approximate surface area is 125 Å². The maximum absolute atomic E-state index is 12.9. The first-order valence-electron chi connectivity index (χ1n) is 5.70. The molecule has 0 N–H and O–H groups in total. The fourth-order valence-electron chi connectivity index (χ4n) is 1.80. The van der Waals surface area contributed by atoms with Crippen molar-refractivity contribution in [2.75, 3.05) is 0 Å². The summed E-state index contributed by atoms with van der Waals surface area (Å²) in [6.45, 7) is 4.77. The van der Waals surface area contributed by atoms with E-state index in [1.807, 2.05) is 30.3 Å². The van der Waals surface area contributed by atoms with Crippen molar-refractivity contribution < 1.29 is 18.3 Å². The van der Waals surface area contributed by atoms with Gasteiger partial charge in [0.15, 0.2) is 0 Å². The monoisotopic (exact) mass is 380 g/mol. The summed E-state index contributed by atoms with van der Waals surface area (Å²) in [5, 5.41) is 0. The fraction of sp³-hybridized carbons (Fsp3) is 0.357. The number of carbonyl (C=O) groups excluding carboxylic acids is 1. The van der Waals surface area contributed by atoms with Gasteiger partial charge in [-0.15, -0.1) is 0 Å². The van der Waals surface area contributed by atoms with E-state index in [0.29, 0.717) is 0 Å². The lowest BCUT2D eigenvalue weighted by molar-refractivity contribution is -0.146. The van der Waals surface area contributed by atoms with Crippen LogP contribution in [0.1, 0.15) is 26.3 Å². The average molecular weight is 380 g/mol. The standard InChI is InChI=1S/C14H15F2IO2/c1-9(18)19-12(11(17)13(15)16)14(2,3)10-7-5-4-6-8-10/h4-8,12H,1-3H3. The lowest BCUT2D eigenvalue weighted by atomic mass is 9.79. The van der Waals surface area contributed by atoms with E-state index in [2.05, 4.69) is 0 Å². The van der Waals surface area contributed by atoms with E-state index in [1.165, 1.54) is 29.5 Å². The van der Waals surface area contributed by atoms with Gasteiger partial charge in [0.05, 0.1) is 3.58 Å². The normalized spacial score (nSPS) is 12.7. The molecule has 2 nitrogen and oxygen atoms in total. The number of carbonyl (C=O) groups is 1. The van der Waals surface area contributed by atoms with Crippen molar-refractivity contribution in [3.05, 3.63) is 45.6 Å². The molecular formula is C14H15F2IO2. The largest absolute Gasteiger partial charge is 0.456 e. The molecule has 0 fully saturated rings. The van der Waals surface area contributed by atoms with E-state index < -0.39 is 23.6 Å². The van der Waals surface area contributed by atoms with Gasteiger partial charge < -0.3 is 4.74 Å². The molecule has 1 aromatic rings. The average Bonchev–Trinajstić information content (AvgIpc) is 2.35. The van der Waals surface area contributed by atoms with Gasteiger partial charge in [0.1, 0.15) is 6.10 Å². The molecule has 0 aliphatic carbocycles. The maximum Gasteiger partial charge on any atom is 0.303 e. The molecule has 1 atom stereocenters. The summed E-state index contributed by atoms with van der Waals surface area (Å²) < 4.78 is 30.6. The highest BCUT2D eigenvalue weighted by Crippen LogP contribution is 2.37. The van der Waals surface area contributed by atoms with E-state index in [0.717, 1.165) is 5.56 Å². The third kappa shape index (κ3) is 3.99. The second-order valence-electron chi connectivity index (χ2n) is 4.69. The summed E-state index contributed by atoms with van der Waals surface area (Å²) in [6.07, 6.45) is -2.83. The first-order valence-corrected chi connectivity index (χ1v) is 6.78. The summed E-state index contributed by atoms with van der Waals surface area (Å²) in [5.74, 6) is -0.579. The first kappa shape index (κ1) is 16.1. The van der Waals surface area contributed by atoms with Gasteiger partial charge in [0.2, 0.25) is 0 Å². The van der Waals surface area contributed by atoms with Gasteiger partial charge in [-0.05, 0) is 28.2 Å². The van der Waals surface area contributed by atoms with Gasteiger partial charge >= 0.3 is 5.97 Å². The van der Waals surface area contributed by atoms with Crippen LogP contribution in [0.5, 0.6) is 0 Å². The number of ether oxygens (including phenoxy) is 1. The minimum atomic E-state index is -1.82. The number of benzene rings is 1. The summed E-state index contributed by atoms with van der Waals surface area (Å²) in [7, 11) is 0. The Morgan fingerprint density at radius 2 is 1.79 bits per heavy atom. The molecule has 0 amide bonds. The SMILES string of the molecule is CC(=O)OC(C(I)=C(F)F)C(C)(C)c1ccccc1. The molecule has 0 aromatic heterocycles. The van der Waals surface area contributed by atoms with Gasteiger partial charge in [-0.2, -0.15) is 8.78 Å². The predicted molar refractivity (Wildman–Crippen MR) is 78.3 cm³/mol. The van der Waals surface area contributed by atoms with Crippen molar-refractivity contribution in [1.82, 2.24) is 0 Å². The van der Waals surface area contributed by atoms with Crippen LogP contribution >= 0.6 is 22.6 Å². The van der Waals surface area contributed by atoms with Gasteiger partial charge in [0.25, 0.3) is 6.08 Å². The van der Waals surface area contributed by atoms with Crippen molar-refractivity contribution in [3.63, 3.8) is 0 Å². The molecule has 0 saturated carbocycles. The second-order valence-corrected chi connectivity index (χ2v) is 5.85. The minimum Gasteiger partial charge on any atom is -0.456 e. The number of hydrogen-bond acceptors (Lipinski definition) is 2.